The van der Waals surface area contributed by atoms with E-state index in [2.05, 4.69) is 36.5 Å². The number of nitrogen functional groups attached to an aromatic ring is 1. The number of nitrogens with one attached hydrogen (secondary N) is 3. The number of carbonyl (C=O) groups is 2. The molecule has 4 aromatic rings. The van der Waals surface area contributed by atoms with Crippen LogP contribution < -0.4 is 21.9 Å². The summed E-state index contributed by atoms with van der Waals surface area (Å²) >= 11 is 4.11. The van der Waals surface area contributed by atoms with Crippen molar-refractivity contribution in [3.05, 3.63) is 75.4 Å². The van der Waals surface area contributed by atoms with Gasteiger partial charge >= 0.3 is 0 Å². The maximum atomic E-state index is 12.4. The van der Waals surface area contributed by atoms with E-state index in [9.17, 15) is 14.4 Å². The van der Waals surface area contributed by atoms with Gasteiger partial charge in [0.2, 0.25) is 5.91 Å². The molecule has 0 saturated heterocycles. The molecule has 0 aliphatic carbocycles. The molecule has 2 heterocycles. The Labute approximate surface area is 193 Å². The van der Waals surface area contributed by atoms with Crippen LogP contribution >= 0.6 is 27.7 Å². The van der Waals surface area contributed by atoms with Gasteiger partial charge in [-0.2, -0.15) is 0 Å². The Hall–Kier alpha value is -3.57. The molecule has 0 fully saturated rings. The molecule has 0 aliphatic rings. The number of furan rings is 1. The molecule has 0 saturated carbocycles. The predicted octanol–water partition coefficient (Wildman–Crippen LogP) is 3.84. The van der Waals surface area contributed by atoms with Gasteiger partial charge in [-0.3, -0.25) is 19.4 Å². The van der Waals surface area contributed by atoms with Crippen molar-refractivity contribution in [3.63, 3.8) is 0 Å². The van der Waals surface area contributed by atoms with E-state index in [-0.39, 0.29) is 34.1 Å². The summed E-state index contributed by atoms with van der Waals surface area (Å²) in [6, 6.07) is 16.3. The number of aromatic amines is 1. The van der Waals surface area contributed by atoms with Crippen molar-refractivity contribution in [2.45, 2.75) is 5.16 Å². The maximum Gasteiger partial charge on any atom is 0.291 e. The van der Waals surface area contributed by atoms with E-state index in [0.29, 0.717) is 10.4 Å². The van der Waals surface area contributed by atoms with Crippen molar-refractivity contribution in [1.29, 1.82) is 0 Å². The molecule has 0 atom stereocenters. The molecule has 11 heteroatoms. The second kappa shape index (κ2) is 9.28. The van der Waals surface area contributed by atoms with E-state index < -0.39 is 11.5 Å². The molecule has 5 N–H and O–H groups in total. The minimum Gasteiger partial charge on any atom is -0.444 e. The van der Waals surface area contributed by atoms with E-state index >= 15 is 0 Å². The van der Waals surface area contributed by atoms with Crippen LogP contribution in [0.2, 0.25) is 0 Å². The summed E-state index contributed by atoms with van der Waals surface area (Å²) in [6.07, 6.45) is 0. The van der Waals surface area contributed by atoms with Crippen LogP contribution in [0.5, 0.6) is 0 Å². The van der Waals surface area contributed by atoms with Crippen LogP contribution in [0.3, 0.4) is 0 Å². The van der Waals surface area contributed by atoms with Gasteiger partial charge in [-0.1, -0.05) is 48.2 Å². The van der Waals surface area contributed by atoms with Crippen molar-refractivity contribution in [2.24, 2.45) is 0 Å². The van der Waals surface area contributed by atoms with E-state index in [4.69, 9.17) is 10.2 Å². The summed E-state index contributed by atoms with van der Waals surface area (Å²) in [5.41, 5.74) is 5.69. The highest BCUT2D eigenvalue weighted by atomic mass is 79.9. The fourth-order valence-electron chi connectivity index (χ4n) is 2.92. The number of amides is 2. The summed E-state index contributed by atoms with van der Waals surface area (Å²) in [7, 11) is 0. The molecular formula is C21H16BrN5O4S. The highest BCUT2D eigenvalue weighted by Crippen LogP contribution is 2.24. The van der Waals surface area contributed by atoms with E-state index in [1.165, 1.54) is 6.07 Å². The summed E-state index contributed by atoms with van der Waals surface area (Å²) in [4.78, 5) is 43.5. The van der Waals surface area contributed by atoms with Gasteiger partial charge in [0.15, 0.2) is 27.1 Å². The summed E-state index contributed by atoms with van der Waals surface area (Å²) in [5, 5.41) is 7.32. The number of hydrogen-bond acceptors (Lipinski definition) is 7. The van der Waals surface area contributed by atoms with Gasteiger partial charge in [-0.05, 0) is 39.5 Å². The van der Waals surface area contributed by atoms with Gasteiger partial charge in [-0.15, -0.1) is 0 Å². The van der Waals surface area contributed by atoms with Crippen LogP contribution in [0.1, 0.15) is 10.6 Å². The number of benzene rings is 2. The maximum absolute atomic E-state index is 12.4. The molecule has 32 heavy (non-hydrogen) atoms. The van der Waals surface area contributed by atoms with Crippen molar-refractivity contribution >= 4 is 67.5 Å². The van der Waals surface area contributed by atoms with Gasteiger partial charge in [0.25, 0.3) is 11.5 Å². The Morgan fingerprint density at radius 2 is 1.88 bits per heavy atom. The Morgan fingerprint density at radius 1 is 1.09 bits per heavy atom. The first-order chi connectivity index (χ1) is 15.4. The van der Waals surface area contributed by atoms with Gasteiger partial charge < -0.3 is 20.8 Å². The zero-order chi connectivity index (χ0) is 22.7. The number of thioether (sulfide) groups is 1. The number of anilines is 3. The third-order valence-corrected chi connectivity index (χ3v) is 5.66. The average Bonchev–Trinajstić information content (AvgIpc) is 3.21. The molecular weight excluding hydrogens is 498 g/mol. The predicted molar refractivity (Wildman–Crippen MR) is 127 cm³/mol. The lowest BCUT2D eigenvalue weighted by atomic mass is 10.1. The van der Waals surface area contributed by atoms with Crippen LogP contribution in [0.25, 0.3) is 10.8 Å². The van der Waals surface area contributed by atoms with Crippen molar-refractivity contribution in [3.8, 4) is 0 Å². The Bertz CT molecular complexity index is 1380. The minimum absolute atomic E-state index is 0.000710. The molecule has 162 valence electrons. The lowest BCUT2D eigenvalue weighted by Crippen LogP contribution is -2.23. The zero-order valence-corrected chi connectivity index (χ0v) is 18.7. The third-order valence-electron chi connectivity index (χ3n) is 4.36. The van der Waals surface area contributed by atoms with E-state index in [1.54, 1.807) is 6.07 Å². The van der Waals surface area contributed by atoms with Crippen LogP contribution in [-0.2, 0) is 4.79 Å². The number of aromatic nitrogens is 2. The Balaban J connectivity index is 1.42. The molecule has 9 nitrogen and oxygen atoms in total. The number of hydrogen-bond donors (Lipinski definition) is 4. The smallest absolute Gasteiger partial charge is 0.291 e. The fourth-order valence-corrected chi connectivity index (χ4v) is 3.90. The first-order valence-electron chi connectivity index (χ1n) is 9.27. The third kappa shape index (κ3) is 4.84. The lowest BCUT2D eigenvalue weighted by Gasteiger charge is -2.09. The molecule has 0 radical (unpaired) electrons. The van der Waals surface area contributed by atoms with Crippen molar-refractivity contribution in [1.82, 2.24) is 9.97 Å². The second-order valence-electron chi connectivity index (χ2n) is 6.55. The van der Waals surface area contributed by atoms with Crippen molar-refractivity contribution in [2.75, 3.05) is 22.1 Å². The van der Waals surface area contributed by atoms with Gasteiger partial charge in [0, 0.05) is 11.1 Å². The van der Waals surface area contributed by atoms with E-state index in [1.807, 2.05) is 42.5 Å². The summed E-state index contributed by atoms with van der Waals surface area (Å²) in [6.45, 7) is 0. The number of fused-ring (bicyclic) bond motifs is 1. The standard InChI is InChI=1S/C21H16BrN5O4S/c22-15-9-8-14(31-15)19(29)25-17-18(23)26-21(27-20(17)30)32-10-16(28)24-13-7-3-5-11-4-1-2-6-12(11)13/h1-9H,10H2,(H,24,28)(H,25,29)(H3,23,26,27,30). The number of nitrogens with zero attached hydrogens (tertiary/aromatic N) is 1. The largest absolute Gasteiger partial charge is 0.444 e. The highest BCUT2D eigenvalue weighted by Gasteiger charge is 2.17. The van der Waals surface area contributed by atoms with Gasteiger partial charge in [0.05, 0.1) is 5.75 Å². The summed E-state index contributed by atoms with van der Waals surface area (Å²) < 4.78 is 5.52. The molecule has 2 aromatic carbocycles. The topological polar surface area (TPSA) is 143 Å². The Morgan fingerprint density at radius 3 is 2.62 bits per heavy atom. The van der Waals surface area contributed by atoms with Crippen LogP contribution in [0.4, 0.5) is 17.2 Å². The first kappa shape index (κ1) is 21.7. The fraction of sp³-hybridized carbons (Fsp3) is 0.0476. The minimum atomic E-state index is -0.649. The molecule has 0 spiro atoms. The van der Waals surface area contributed by atoms with Gasteiger partial charge in [-0.25, -0.2) is 4.98 Å². The SMILES string of the molecule is Nc1nc(SCC(=O)Nc2cccc3ccccc23)[nH]c(=O)c1NC(=O)c1ccc(Br)o1. The lowest BCUT2D eigenvalue weighted by molar-refractivity contribution is -0.113. The zero-order valence-electron chi connectivity index (χ0n) is 16.3. The van der Waals surface area contributed by atoms with Crippen LogP contribution in [0, 0.1) is 0 Å². The number of halogens is 1. The quantitative estimate of drug-likeness (QED) is 0.226. The molecule has 0 unspecified atom stereocenters. The van der Waals surface area contributed by atoms with Crippen molar-refractivity contribution < 1.29 is 14.0 Å². The molecule has 4 rings (SSSR count). The highest BCUT2D eigenvalue weighted by molar-refractivity contribution is 9.10. The molecule has 2 amide bonds. The normalized spacial score (nSPS) is 10.8. The molecule has 2 aromatic heterocycles. The van der Waals surface area contributed by atoms with Crippen LogP contribution in [0.15, 0.2) is 73.6 Å². The van der Waals surface area contributed by atoms with Crippen LogP contribution in [-0.4, -0.2) is 27.5 Å². The number of rotatable bonds is 6. The van der Waals surface area contributed by atoms with Gasteiger partial charge in [0.1, 0.15) is 0 Å². The summed E-state index contributed by atoms with van der Waals surface area (Å²) in [5.74, 6) is -1.10. The number of H-pyrrole nitrogens is 1. The van der Waals surface area contributed by atoms with E-state index in [0.717, 1.165) is 22.5 Å². The second-order valence-corrected chi connectivity index (χ2v) is 8.30. The Kier molecular flexibility index (Phi) is 6.28. The molecule has 0 bridgehead atoms. The molecule has 0 aliphatic heterocycles. The number of carbonyl (C=O) groups excluding carboxylic acids is 2. The average molecular weight is 514 g/mol. The number of nitrogens with two attached hydrogens (primary N) is 1. The first-order valence-corrected chi connectivity index (χ1v) is 11.1. The monoisotopic (exact) mass is 513 g/mol.